The van der Waals surface area contributed by atoms with E-state index in [-0.39, 0.29) is 11.7 Å². The van der Waals surface area contributed by atoms with Crippen LogP contribution in [0.4, 0.5) is 0 Å². The van der Waals surface area contributed by atoms with E-state index >= 15 is 0 Å². The third-order valence-corrected chi connectivity index (χ3v) is 4.83. The second-order valence-electron chi connectivity index (χ2n) is 6.80. The van der Waals surface area contributed by atoms with E-state index in [2.05, 4.69) is 37.3 Å². The molecule has 28 heavy (non-hydrogen) atoms. The van der Waals surface area contributed by atoms with Crippen LogP contribution in [0.1, 0.15) is 34.6 Å². The zero-order valence-corrected chi connectivity index (χ0v) is 16.6. The van der Waals surface area contributed by atoms with Gasteiger partial charge >= 0.3 is 0 Å². The normalized spacial score (nSPS) is 12.5. The summed E-state index contributed by atoms with van der Waals surface area (Å²) in [7, 11) is 0. The van der Waals surface area contributed by atoms with Crippen LogP contribution >= 0.6 is 11.6 Å². The van der Waals surface area contributed by atoms with Gasteiger partial charge in [-0.25, -0.2) is 0 Å². The van der Waals surface area contributed by atoms with Crippen molar-refractivity contribution in [3.8, 4) is 0 Å². The number of halogens is 1. The predicted molar refractivity (Wildman–Crippen MR) is 120 cm³/mol. The summed E-state index contributed by atoms with van der Waals surface area (Å²) in [5, 5.41) is 0.687. The molecule has 0 aromatic heterocycles. The molecule has 0 amide bonds. The first-order chi connectivity index (χ1) is 13.6. The van der Waals surface area contributed by atoms with Crippen molar-refractivity contribution < 1.29 is 4.79 Å². The average Bonchev–Trinajstić information content (AvgIpc) is 2.71. The number of aryl methyl sites for hydroxylation is 1. The van der Waals surface area contributed by atoms with Crippen molar-refractivity contribution >= 4 is 29.5 Å². The zero-order valence-electron chi connectivity index (χ0n) is 15.9. The van der Waals surface area contributed by atoms with Gasteiger partial charge in [0.1, 0.15) is 0 Å². The Morgan fingerprint density at radius 1 is 0.893 bits per heavy atom. The first-order valence-corrected chi connectivity index (χ1v) is 9.75. The van der Waals surface area contributed by atoms with E-state index in [9.17, 15) is 4.79 Å². The number of hydrogen-bond acceptors (Lipinski definition) is 1. The van der Waals surface area contributed by atoms with Crippen molar-refractivity contribution in [2.24, 2.45) is 0 Å². The average molecular weight is 387 g/mol. The van der Waals surface area contributed by atoms with E-state index in [4.69, 9.17) is 11.6 Å². The van der Waals surface area contributed by atoms with Gasteiger partial charge < -0.3 is 0 Å². The van der Waals surface area contributed by atoms with Crippen LogP contribution in [0.5, 0.6) is 0 Å². The summed E-state index contributed by atoms with van der Waals surface area (Å²) in [5.74, 6) is -0.110. The number of carbonyl (C=O) groups is 1. The van der Waals surface area contributed by atoms with Crippen LogP contribution in [-0.4, -0.2) is 5.78 Å². The predicted octanol–water partition coefficient (Wildman–Crippen LogP) is 7.12. The Morgan fingerprint density at radius 2 is 1.64 bits per heavy atom. The quantitative estimate of drug-likeness (QED) is 0.395. The molecule has 0 saturated carbocycles. The third-order valence-electron chi connectivity index (χ3n) is 4.58. The van der Waals surface area contributed by atoms with Gasteiger partial charge in [-0.05, 0) is 48.2 Å². The summed E-state index contributed by atoms with van der Waals surface area (Å²) in [4.78, 5) is 12.9. The van der Waals surface area contributed by atoms with Gasteiger partial charge in [0, 0.05) is 5.02 Å². The van der Waals surface area contributed by atoms with Gasteiger partial charge in [-0.2, -0.15) is 0 Å². The fourth-order valence-corrected chi connectivity index (χ4v) is 3.21. The number of benzene rings is 3. The van der Waals surface area contributed by atoms with Crippen molar-refractivity contribution in [1.82, 2.24) is 0 Å². The number of allylic oxidation sites excluding steroid dienone is 2. The molecule has 3 aromatic carbocycles. The van der Waals surface area contributed by atoms with Gasteiger partial charge in [-0.1, -0.05) is 102 Å². The van der Waals surface area contributed by atoms with E-state index in [0.29, 0.717) is 11.4 Å². The number of ketones is 1. The van der Waals surface area contributed by atoms with E-state index in [1.807, 2.05) is 66.7 Å². The molecule has 0 saturated heterocycles. The van der Waals surface area contributed by atoms with Crippen LogP contribution < -0.4 is 0 Å². The van der Waals surface area contributed by atoms with Crippen molar-refractivity contribution in [3.63, 3.8) is 0 Å². The highest BCUT2D eigenvalue weighted by atomic mass is 35.5. The summed E-state index contributed by atoms with van der Waals surface area (Å²) in [6, 6.07) is 25.7. The number of hydrogen-bond donors (Lipinski definition) is 0. The van der Waals surface area contributed by atoms with Crippen molar-refractivity contribution in [1.29, 1.82) is 0 Å². The molecule has 0 N–H and O–H groups in total. The number of rotatable bonds is 7. The van der Waals surface area contributed by atoms with Gasteiger partial charge in [0.15, 0.2) is 5.78 Å². The SMILES string of the molecule is Cc1cccc(C=CCC(C(=O)C=Cc2ccc(Cl)cc2)c2ccccc2)c1. The van der Waals surface area contributed by atoms with Gasteiger partial charge in [0.2, 0.25) is 0 Å². The minimum atomic E-state index is -0.203. The largest absolute Gasteiger partial charge is 0.294 e. The van der Waals surface area contributed by atoms with Crippen LogP contribution in [-0.2, 0) is 4.79 Å². The van der Waals surface area contributed by atoms with Crippen molar-refractivity contribution in [2.75, 3.05) is 0 Å². The Labute approximate surface area is 172 Å². The maximum atomic E-state index is 12.9. The van der Waals surface area contributed by atoms with E-state index in [1.165, 1.54) is 5.56 Å². The Kier molecular flexibility index (Phi) is 7.00. The molecule has 1 nitrogen and oxygen atoms in total. The van der Waals surface area contributed by atoms with Crippen LogP contribution in [0.15, 0.2) is 91.0 Å². The molecule has 0 aliphatic carbocycles. The minimum Gasteiger partial charge on any atom is -0.294 e. The van der Waals surface area contributed by atoms with Crippen molar-refractivity contribution in [3.05, 3.63) is 118 Å². The van der Waals surface area contributed by atoms with Crippen LogP contribution in [0.3, 0.4) is 0 Å². The van der Waals surface area contributed by atoms with Crippen molar-refractivity contribution in [2.45, 2.75) is 19.3 Å². The molecule has 0 bridgehead atoms. The van der Waals surface area contributed by atoms with E-state index < -0.39 is 0 Å². The molecule has 0 spiro atoms. The highest BCUT2D eigenvalue weighted by Gasteiger charge is 2.16. The lowest BCUT2D eigenvalue weighted by molar-refractivity contribution is -0.115. The molecule has 0 aliphatic heterocycles. The Hall–Kier alpha value is -2.90. The Bertz CT molecular complexity index is 969. The molecular formula is C26H23ClO. The number of carbonyl (C=O) groups excluding carboxylic acids is 1. The smallest absolute Gasteiger partial charge is 0.163 e. The lowest BCUT2D eigenvalue weighted by atomic mass is 9.90. The molecule has 0 radical (unpaired) electrons. The Balaban J connectivity index is 1.76. The molecule has 0 heterocycles. The van der Waals surface area contributed by atoms with E-state index in [1.54, 1.807) is 6.08 Å². The molecule has 0 aliphatic rings. The topological polar surface area (TPSA) is 17.1 Å². The van der Waals surface area contributed by atoms with E-state index in [0.717, 1.165) is 16.7 Å². The van der Waals surface area contributed by atoms with Crippen LogP contribution in [0, 0.1) is 6.92 Å². The molecule has 3 aromatic rings. The summed E-state index contributed by atoms with van der Waals surface area (Å²) in [6.45, 7) is 2.08. The molecular weight excluding hydrogens is 364 g/mol. The first-order valence-electron chi connectivity index (χ1n) is 9.37. The lowest BCUT2D eigenvalue weighted by Gasteiger charge is -2.12. The van der Waals surface area contributed by atoms with Gasteiger partial charge in [-0.3, -0.25) is 4.79 Å². The molecule has 140 valence electrons. The van der Waals surface area contributed by atoms with Gasteiger partial charge in [0.05, 0.1) is 5.92 Å². The molecule has 3 rings (SSSR count). The summed E-state index contributed by atoms with van der Waals surface area (Å²) in [6.07, 6.45) is 8.33. The summed E-state index contributed by atoms with van der Waals surface area (Å²) < 4.78 is 0. The second-order valence-corrected chi connectivity index (χ2v) is 7.24. The standard InChI is InChI=1S/C26H23ClO/c1-20-7-5-8-22(19-20)9-6-12-25(23-10-3-2-4-11-23)26(28)18-15-21-13-16-24(27)17-14-21/h2-11,13-19,25H,12H2,1H3. The zero-order chi connectivity index (χ0) is 19.8. The summed E-state index contributed by atoms with van der Waals surface area (Å²) in [5.41, 5.74) is 4.36. The third kappa shape index (κ3) is 5.80. The maximum absolute atomic E-state index is 12.9. The van der Waals surface area contributed by atoms with Gasteiger partial charge in [-0.15, -0.1) is 0 Å². The van der Waals surface area contributed by atoms with Gasteiger partial charge in [0.25, 0.3) is 0 Å². The lowest BCUT2D eigenvalue weighted by Crippen LogP contribution is -2.09. The summed E-state index contributed by atoms with van der Waals surface area (Å²) >= 11 is 5.92. The minimum absolute atomic E-state index is 0.0926. The molecule has 2 heteroatoms. The monoisotopic (exact) mass is 386 g/mol. The molecule has 1 atom stereocenters. The first kappa shape index (κ1) is 19.9. The van der Waals surface area contributed by atoms with Crippen LogP contribution in [0.2, 0.25) is 5.02 Å². The highest BCUT2D eigenvalue weighted by molar-refractivity contribution is 6.30. The second kappa shape index (κ2) is 9.87. The maximum Gasteiger partial charge on any atom is 0.163 e. The van der Waals surface area contributed by atoms with Crippen LogP contribution in [0.25, 0.3) is 12.2 Å². The molecule has 0 fully saturated rings. The molecule has 1 unspecified atom stereocenters. The fourth-order valence-electron chi connectivity index (χ4n) is 3.08. The fraction of sp³-hybridized carbons (Fsp3) is 0.115. The highest BCUT2D eigenvalue weighted by Crippen LogP contribution is 2.23. The Morgan fingerprint density at radius 3 is 2.36 bits per heavy atom.